The van der Waals surface area contributed by atoms with Gasteiger partial charge in [0.1, 0.15) is 11.5 Å². The van der Waals surface area contributed by atoms with E-state index in [1.807, 2.05) is 41.3 Å². The number of amides is 1. The number of nitro benzene ring substituents is 1. The third-order valence-corrected chi connectivity index (χ3v) is 8.90. The smallest absolute Gasteiger partial charge is 0.270 e. The molecule has 4 aromatic carbocycles. The molecule has 3 aliphatic heterocycles. The predicted molar refractivity (Wildman–Crippen MR) is 159 cm³/mol. The van der Waals surface area contributed by atoms with Crippen LogP contribution in [-0.4, -0.2) is 34.5 Å². The molecule has 0 radical (unpaired) electrons. The molecule has 0 aliphatic carbocycles. The van der Waals surface area contributed by atoms with E-state index in [1.54, 1.807) is 48.5 Å². The van der Waals surface area contributed by atoms with E-state index in [0.717, 1.165) is 5.56 Å². The molecule has 1 N–H and O–H groups in total. The molecular weight excluding hydrogens is 554 g/mol. The van der Waals surface area contributed by atoms with Crippen molar-refractivity contribution >= 4 is 52.2 Å². The summed E-state index contributed by atoms with van der Waals surface area (Å²) in [6, 6.07) is 24.8. The van der Waals surface area contributed by atoms with E-state index in [1.165, 1.54) is 24.3 Å². The number of non-ortho nitro benzene ring substituents is 1. The first-order valence-electron chi connectivity index (χ1n) is 13.4. The molecule has 4 atom stereocenters. The van der Waals surface area contributed by atoms with Crippen LogP contribution in [0.5, 0.6) is 0 Å². The number of para-hydroxylation sites is 2. The normalized spacial score (nSPS) is 23.2. The minimum absolute atomic E-state index is 0.0415. The van der Waals surface area contributed by atoms with Crippen LogP contribution >= 0.6 is 11.6 Å². The summed E-state index contributed by atoms with van der Waals surface area (Å²) in [6.45, 7) is 0. The Balaban J connectivity index is 1.55. The van der Waals surface area contributed by atoms with E-state index in [-0.39, 0.29) is 21.8 Å². The van der Waals surface area contributed by atoms with Crippen LogP contribution in [0.15, 0.2) is 103 Å². The first-order chi connectivity index (χ1) is 20.3. The number of ketones is 2. The first-order valence-corrected chi connectivity index (χ1v) is 13.8. The van der Waals surface area contributed by atoms with Gasteiger partial charge in [0.25, 0.3) is 5.69 Å². The van der Waals surface area contributed by atoms with Gasteiger partial charge in [-0.3, -0.25) is 24.5 Å². The number of anilines is 2. The summed E-state index contributed by atoms with van der Waals surface area (Å²) in [5.74, 6) is -2.64. The molecule has 206 valence electrons. The summed E-state index contributed by atoms with van der Waals surface area (Å²) in [5, 5.41) is 14.8. The van der Waals surface area contributed by atoms with Crippen molar-refractivity contribution in [2.24, 2.45) is 5.92 Å². The third kappa shape index (κ3) is 3.51. The van der Waals surface area contributed by atoms with Gasteiger partial charge in [0, 0.05) is 34.6 Å². The van der Waals surface area contributed by atoms with E-state index in [0.29, 0.717) is 16.9 Å². The molecule has 42 heavy (non-hydrogen) atoms. The zero-order chi connectivity index (χ0) is 29.2. The molecule has 9 heteroatoms. The van der Waals surface area contributed by atoms with Crippen molar-refractivity contribution in [1.82, 2.24) is 0 Å². The summed E-state index contributed by atoms with van der Waals surface area (Å²) in [6.07, 6.45) is 3.78. The van der Waals surface area contributed by atoms with Gasteiger partial charge in [0.15, 0.2) is 11.6 Å². The van der Waals surface area contributed by atoms with E-state index in [9.17, 15) is 24.5 Å². The van der Waals surface area contributed by atoms with Crippen LogP contribution in [0.25, 0.3) is 6.08 Å². The molecule has 3 aliphatic rings. The van der Waals surface area contributed by atoms with Crippen molar-refractivity contribution < 1.29 is 19.3 Å². The Hall–Kier alpha value is -5.08. The summed E-state index contributed by atoms with van der Waals surface area (Å²) in [7, 11) is 0. The van der Waals surface area contributed by atoms with Gasteiger partial charge in [-0.2, -0.15) is 0 Å². The van der Waals surface area contributed by atoms with Crippen LogP contribution < -0.4 is 10.2 Å². The molecule has 4 unspecified atom stereocenters. The van der Waals surface area contributed by atoms with E-state index < -0.39 is 45.8 Å². The number of carbonyl (C=O) groups excluding carboxylic acids is 3. The molecular formula is C33H22ClN3O5. The van der Waals surface area contributed by atoms with Crippen LogP contribution in [0.4, 0.5) is 17.1 Å². The summed E-state index contributed by atoms with van der Waals surface area (Å²) >= 11 is 6.54. The molecule has 4 aromatic rings. The number of carbonyl (C=O) groups is 3. The SMILES string of the molecule is O=C(c1ccccc1Cl)C1C(C(=O)c2cccc([N+](=O)[O-])c2)C2(C(=O)Nc3ccccc32)C2C=Cc3ccccc3N12. The van der Waals surface area contributed by atoms with E-state index in [4.69, 9.17) is 11.6 Å². The van der Waals surface area contributed by atoms with Gasteiger partial charge in [0.2, 0.25) is 5.91 Å². The molecule has 1 amide bonds. The molecule has 0 bridgehead atoms. The van der Waals surface area contributed by atoms with Crippen molar-refractivity contribution in [2.75, 3.05) is 10.2 Å². The molecule has 8 nitrogen and oxygen atoms in total. The Morgan fingerprint density at radius 3 is 2.45 bits per heavy atom. The second kappa shape index (κ2) is 9.49. The molecule has 7 rings (SSSR count). The van der Waals surface area contributed by atoms with E-state index >= 15 is 0 Å². The Labute approximate surface area is 245 Å². The number of nitro groups is 1. The zero-order valence-corrected chi connectivity index (χ0v) is 22.7. The second-order valence-corrected chi connectivity index (χ2v) is 11.0. The minimum atomic E-state index is -1.52. The maximum Gasteiger partial charge on any atom is 0.270 e. The number of benzene rings is 4. The monoisotopic (exact) mass is 575 g/mol. The van der Waals surface area contributed by atoms with Gasteiger partial charge in [0.05, 0.1) is 21.9 Å². The molecule has 3 heterocycles. The van der Waals surface area contributed by atoms with Crippen LogP contribution in [-0.2, 0) is 10.2 Å². The molecule has 1 saturated heterocycles. The molecule has 1 spiro atoms. The Kier molecular flexibility index (Phi) is 5.85. The highest BCUT2D eigenvalue weighted by Gasteiger charge is 2.70. The average molecular weight is 576 g/mol. The van der Waals surface area contributed by atoms with Crippen molar-refractivity contribution in [1.29, 1.82) is 0 Å². The summed E-state index contributed by atoms with van der Waals surface area (Å²) in [5.41, 5.74) is 1.14. The standard InChI is InChI=1S/C33H22ClN3O5/c34-24-13-4-2-11-22(24)31(39)29-28(30(38)20-9-7-10-21(18-20)37(41)42)33(23-12-3-5-14-25(23)35-32(33)40)27-17-16-19-8-1-6-15-26(19)36(27)29/h1-18,27-29H,(H,35,40). The Bertz CT molecular complexity index is 1870. The van der Waals surface area contributed by atoms with Crippen molar-refractivity contribution in [3.63, 3.8) is 0 Å². The van der Waals surface area contributed by atoms with Gasteiger partial charge in [-0.25, -0.2) is 0 Å². The van der Waals surface area contributed by atoms with Crippen LogP contribution in [0.2, 0.25) is 5.02 Å². The fraction of sp³-hybridized carbons (Fsp3) is 0.121. The van der Waals surface area contributed by atoms with Crippen molar-refractivity contribution in [3.05, 3.63) is 141 Å². The Morgan fingerprint density at radius 2 is 1.64 bits per heavy atom. The lowest BCUT2D eigenvalue weighted by Gasteiger charge is -2.37. The fourth-order valence-electron chi connectivity index (χ4n) is 6.89. The van der Waals surface area contributed by atoms with Crippen LogP contribution in [0.1, 0.15) is 31.8 Å². The van der Waals surface area contributed by atoms with Gasteiger partial charge in [-0.05, 0) is 35.4 Å². The zero-order valence-electron chi connectivity index (χ0n) is 21.9. The highest BCUT2D eigenvalue weighted by Crippen LogP contribution is 2.58. The lowest BCUT2D eigenvalue weighted by atomic mass is 9.64. The van der Waals surface area contributed by atoms with Gasteiger partial charge in [-0.15, -0.1) is 0 Å². The second-order valence-electron chi connectivity index (χ2n) is 10.6. The van der Waals surface area contributed by atoms with Crippen LogP contribution in [0, 0.1) is 16.0 Å². The minimum Gasteiger partial charge on any atom is -0.352 e. The number of nitrogens with one attached hydrogen (secondary N) is 1. The van der Waals surface area contributed by atoms with Crippen molar-refractivity contribution in [2.45, 2.75) is 17.5 Å². The first kappa shape index (κ1) is 25.9. The Morgan fingerprint density at radius 1 is 0.905 bits per heavy atom. The van der Waals surface area contributed by atoms with Gasteiger partial charge >= 0.3 is 0 Å². The number of rotatable bonds is 5. The predicted octanol–water partition coefficient (Wildman–Crippen LogP) is 6.10. The van der Waals surface area contributed by atoms with Crippen LogP contribution in [0.3, 0.4) is 0 Å². The third-order valence-electron chi connectivity index (χ3n) is 8.57. The lowest BCUT2D eigenvalue weighted by Crippen LogP contribution is -2.51. The lowest BCUT2D eigenvalue weighted by molar-refractivity contribution is -0.384. The number of fused-ring (bicyclic) bond motifs is 6. The molecule has 0 saturated carbocycles. The summed E-state index contributed by atoms with van der Waals surface area (Å²) < 4.78 is 0. The number of Topliss-reactive ketones (excluding diaryl/α,β-unsaturated/α-hetero) is 2. The quantitative estimate of drug-likeness (QED) is 0.175. The van der Waals surface area contributed by atoms with Gasteiger partial charge < -0.3 is 10.2 Å². The van der Waals surface area contributed by atoms with Gasteiger partial charge in [-0.1, -0.05) is 84.4 Å². The number of hydrogen-bond donors (Lipinski definition) is 1. The van der Waals surface area contributed by atoms with E-state index in [2.05, 4.69) is 5.32 Å². The molecule has 1 fully saturated rings. The highest BCUT2D eigenvalue weighted by molar-refractivity contribution is 6.34. The number of nitrogens with zero attached hydrogens (tertiary/aromatic N) is 2. The average Bonchev–Trinajstić information content (AvgIpc) is 3.49. The topological polar surface area (TPSA) is 110 Å². The number of hydrogen-bond acceptors (Lipinski definition) is 6. The summed E-state index contributed by atoms with van der Waals surface area (Å²) in [4.78, 5) is 56.7. The molecule has 0 aromatic heterocycles. The van der Waals surface area contributed by atoms with Crippen molar-refractivity contribution in [3.8, 4) is 0 Å². The maximum absolute atomic E-state index is 14.8. The highest BCUT2D eigenvalue weighted by atomic mass is 35.5. The fourth-order valence-corrected chi connectivity index (χ4v) is 7.12. The number of halogens is 1. The largest absolute Gasteiger partial charge is 0.352 e. The maximum atomic E-state index is 14.8.